The lowest BCUT2D eigenvalue weighted by molar-refractivity contribution is -0.124. The first-order chi connectivity index (χ1) is 14.4. The van der Waals surface area contributed by atoms with E-state index in [9.17, 15) is 9.36 Å². The summed E-state index contributed by atoms with van der Waals surface area (Å²) in [4.78, 5) is 29.6. The van der Waals surface area contributed by atoms with Gasteiger partial charge in [0.25, 0.3) is 0 Å². The molecule has 0 amide bonds. The molecule has 7 heteroatoms. The highest BCUT2D eigenvalue weighted by Gasteiger charge is 2.17. The molecule has 0 fully saturated rings. The maximum atomic E-state index is 12.4. The number of ether oxygens (including phenoxy) is 1. The highest BCUT2D eigenvalue weighted by atomic mass is 31.2. The number of phosphoric ester groups is 1. The van der Waals surface area contributed by atoms with Crippen molar-refractivity contribution in [2.24, 2.45) is 5.92 Å². The second-order valence-electron chi connectivity index (χ2n) is 8.32. The van der Waals surface area contributed by atoms with Crippen LogP contribution in [-0.4, -0.2) is 35.4 Å². The van der Waals surface area contributed by atoms with Crippen molar-refractivity contribution >= 4 is 13.6 Å². The van der Waals surface area contributed by atoms with E-state index in [0.29, 0.717) is 6.42 Å². The van der Waals surface area contributed by atoms with Gasteiger partial charge in [-0.3, -0.25) is 9.32 Å². The molecule has 2 N–H and O–H groups in total. The van der Waals surface area contributed by atoms with Gasteiger partial charge in [0.2, 0.25) is 0 Å². The van der Waals surface area contributed by atoms with Crippen molar-refractivity contribution in [3.63, 3.8) is 0 Å². The fourth-order valence-electron chi connectivity index (χ4n) is 3.74. The van der Waals surface area contributed by atoms with E-state index in [1.165, 1.54) is 70.6 Å². The average molecular weight is 451 g/mol. The fraction of sp³-hybridized carbons (Fsp3) is 0.957. The molecule has 180 valence electrons. The van der Waals surface area contributed by atoms with E-state index in [0.717, 1.165) is 25.7 Å². The van der Waals surface area contributed by atoms with Gasteiger partial charge in [0, 0.05) is 12.3 Å². The average Bonchev–Trinajstić information content (AvgIpc) is 2.69. The van der Waals surface area contributed by atoms with Crippen LogP contribution < -0.4 is 0 Å². The number of unbranched alkanes of at least 4 members (excludes halogenated alkanes) is 11. The number of phosphoric acid groups is 1. The van der Waals surface area contributed by atoms with Crippen molar-refractivity contribution in [1.82, 2.24) is 0 Å². The van der Waals surface area contributed by atoms with Crippen molar-refractivity contribution in [2.45, 2.75) is 117 Å². The van der Waals surface area contributed by atoms with Crippen LogP contribution >= 0.6 is 7.82 Å². The summed E-state index contributed by atoms with van der Waals surface area (Å²) in [6.45, 7) is 4.55. The van der Waals surface area contributed by atoms with Crippen molar-refractivity contribution in [3.8, 4) is 0 Å². The van der Waals surface area contributed by atoms with Gasteiger partial charge in [0.15, 0.2) is 0 Å². The summed E-state index contributed by atoms with van der Waals surface area (Å²) in [5.41, 5.74) is 0. The smallest absolute Gasteiger partial charge is 0.379 e. The van der Waals surface area contributed by atoms with Crippen molar-refractivity contribution in [2.75, 3.05) is 19.8 Å². The molecule has 0 aliphatic carbocycles. The van der Waals surface area contributed by atoms with Crippen molar-refractivity contribution < 1.29 is 28.4 Å². The van der Waals surface area contributed by atoms with Gasteiger partial charge in [-0.05, 0) is 12.8 Å². The van der Waals surface area contributed by atoms with E-state index in [2.05, 4.69) is 18.4 Å². The Hall–Kier alpha value is -0.260. The molecule has 0 saturated carbocycles. The Labute approximate surface area is 184 Å². The summed E-state index contributed by atoms with van der Waals surface area (Å²) in [7, 11) is -4.44. The van der Waals surface area contributed by atoms with Gasteiger partial charge in [-0.15, -0.1) is 0 Å². The van der Waals surface area contributed by atoms with Gasteiger partial charge in [-0.1, -0.05) is 97.3 Å². The van der Waals surface area contributed by atoms with E-state index in [4.69, 9.17) is 14.5 Å². The lowest BCUT2D eigenvalue weighted by Gasteiger charge is -2.15. The van der Waals surface area contributed by atoms with E-state index >= 15 is 0 Å². The maximum Gasteiger partial charge on any atom is 0.469 e. The molecule has 0 rings (SSSR count). The zero-order valence-electron chi connectivity index (χ0n) is 19.5. The molecule has 0 bridgehead atoms. The van der Waals surface area contributed by atoms with E-state index in [-0.39, 0.29) is 31.5 Å². The minimum atomic E-state index is -4.44. The van der Waals surface area contributed by atoms with E-state index in [1.807, 2.05) is 0 Å². The number of Topliss-reactive ketones (excluding diaryl/α,β-unsaturated/α-hetero) is 1. The van der Waals surface area contributed by atoms with Crippen LogP contribution in [0.15, 0.2) is 0 Å². The standard InChI is InChI=1S/C23H47O6P/c1-3-5-6-7-8-9-10-11-12-13-14-15-17-22(16-4-2)23(24)18-19-28-20-21-29-30(25,26)27/h22H,3-21H2,1-2H3,(H2,25,26,27). The van der Waals surface area contributed by atoms with Crippen LogP contribution in [0.1, 0.15) is 117 Å². The second kappa shape index (κ2) is 20.6. The van der Waals surface area contributed by atoms with Gasteiger partial charge in [-0.25, -0.2) is 4.57 Å². The molecule has 0 heterocycles. The third-order valence-electron chi connectivity index (χ3n) is 5.48. The molecule has 0 aromatic rings. The molecule has 0 aliphatic heterocycles. The Morgan fingerprint density at radius 2 is 1.27 bits per heavy atom. The first-order valence-electron chi connectivity index (χ1n) is 12.2. The second-order valence-corrected chi connectivity index (χ2v) is 9.56. The van der Waals surface area contributed by atoms with Crippen LogP contribution in [0, 0.1) is 5.92 Å². The predicted molar refractivity (Wildman–Crippen MR) is 123 cm³/mol. The number of hydrogen-bond donors (Lipinski definition) is 2. The first-order valence-corrected chi connectivity index (χ1v) is 13.7. The molecular weight excluding hydrogens is 403 g/mol. The molecule has 0 aliphatic rings. The Bertz CT molecular complexity index is 437. The summed E-state index contributed by atoms with van der Waals surface area (Å²) >= 11 is 0. The topological polar surface area (TPSA) is 93.1 Å². The molecule has 1 unspecified atom stereocenters. The summed E-state index contributed by atoms with van der Waals surface area (Å²) in [6.07, 6.45) is 19.1. The number of carbonyl (C=O) groups excluding carboxylic acids is 1. The number of ketones is 1. The Balaban J connectivity index is 3.66. The number of hydrogen-bond acceptors (Lipinski definition) is 4. The molecule has 0 saturated heterocycles. The normalized spacial score (nSPS) is 12.9. The van der Waals surface area contributed by atoms with Crippen LogP contribution in [0.5, 0.6) is 0 Å². The van der Waals surface area contributed by atoms with Crippen LogP contribution in [0.25, 0.3) is 0 Å². The molecule has 0 spiro atoms. The van der Waals surface area contributed by atoms with Crippen molar-refractivity contribution in [1.29, 1.82) is 0 Å². The van der Waals surface area contributed by atoms with Gasteiger partial charge in [-0.2, -0.15) is 0 Å². The van der Waals surface area contributed by atoms with Gasteiger partial charge in [0.1, 0.15) is 5.78 Å². The first kappa shape index (κ1) is 29.7. The molecule has 0 aromatic heterocycles. The molecule has 6 nitrogen and oxygen atoms in total. The van der Waals surface area contributed by atoms with Gasteiger partial charge < -0.3 is 14.5 Å². The molecule has 0 aromatic carbocycles. The number of carbonyl (C=O) groups is 1. The Morgan fingerprint density at radius 3 is 1.77 bits per heavy atom. The minimum Gasteiger partial charge on any atom is -0.379 e. The lowest BCUT2D eigenvalue weighted by Crippen LogP contribution is -2.17. The van der Waals surface area contributed by atoms with Crippen molar-refractivity contribution in [3.05, 3.63) is 0 Å². The Morgan fingerprint density at radius 1 is 0.733 bits per heavy atom. The van der Waals surface area contributed by atoms with Gasteiger partial charge >= 0.3 is 7.82 Å². The zero-order chi connectivity index (χ0) is 22.5. The molecule has 30 heavy (non-hydrogen) atoms. The van der Waals surface area contributed by atoms with Crippen LogP contribution in [0.3, 0.4) is 0 Å². The Kier molecular flexibility index (Phi) is 20.5. The fourth-order valence-corrected chi connectivity index (χ4v) is 4.05. The highest BCUT2D eigenvalue weighted by Crippen LogP contribution is 2.35. The third kappa shape index (κ3) is 21.0. The molecule has 1 atom stereocenters. The summed E-state index contributed by atoms with van der Waals surface area (Å²) in [5, 5.41) is 0. The summed E-state index contributed by atoms with van der Waals surface area (Å²) in [6, 6.07) is 0. The highest BCUT2D eigenvalue weighted by molar-refractivity contribution is 7.46. The number of rotatable bonds is 23. The SMILES string of the molecule is CCCCCCCCCCCCCCC(CCC)C(=O)CCOCCOP(=O)(O)O. The quantitative estimate of drug-likeness (QED) is 0.135. The van der Waals surface area contributed by atoms with Gasteiger partial charge in [0.05, 0.1) is 19.8 Å². The summed E-state index contributed by atoms with van der Waals surface area (Å²) in [5.74, 6) is 0.365. The molecule has 0 radical (unpaired) electrons. The van der Waals surface area contributed by atoms with E-state index < -0.39 is 7.82 Å². The monoisotopic (exact) mass is 450 g/mol. The summed E-state index contributed by atoms with van der Waals surface area (Å²) < 4.78 is 20.1. The largest absolute Gasteiger partial charge is 0.469 e. The maximum absolute atomic E-state index is 12.4. The zero-order valence-corrected chi connectivity index (χ0v) is 20.4. The van der Waals surface area contributed by atoms with Crippen LogP contribution in [0.4, 0.5) is 0 Å². The third-order valence-corrected chi connectivity index (χ3v) is 6.00. The molecular formula is C23H47O6P. The van der Waals surface area contributed by atoms with E-state index in [1.54, 1.807) is 0 Å². The minimum absolute atomic E-state index is 0.0789. The predicted octanol–water partition coefficient (Wildman–Crippen LogP) is 6.58. The lowest BCUT2D eigenvalue weighted by atomic mass is 9.90. The van der Waals surface area contributed by atoms with Crippen LogP contribution in [0.2, 0.25) is 0 Å². The van der Waals surface area contributed by atoms with Crippen LogP contribution in [-0.2, 0) is 18.6 Å².